The number of rotatable bonds is 3. The molecular formula is C13H20N2O3S. The van der Waals surface area contributed by atoms with Gasteiger partial charge in [-0.05, 0) is 39.3 Å². The fourth-order valence-electron chi connectivity index (χ4n) is 1.09. The van der Waals surface area contributed by atoms with Gasteiger partial charge in [-0.2, -0.15) is 13.7 Å². The summed E-state index contributed by atoms with van der Waals surface area (Å²) in [5.74, 6) is 0. The summed E-state index contributed by atoms with van der Waals surface area (Å²) in [6.45, 7) is 5.68. The standard InChI is InChI=1S/C7H8O3S.C6H12N2/c1-6-2-4-7(5-3-6)11(8,9)10;1-6(2,8)4-3-5-7/h2-5H,1H3,(H,8,9,10);3-4,8H2,1-2H3. The Morgan fingerprint density at radius 1 is 1.32 bits per heavy atom. The van der Waals surface area contributed by atoms with E-state index >= 15 is 0 Å². The Morgan fingerprint density at radius 2 is 1.79 bits per heavy atom. The van der Waals surface area contributed by atoms with E-state index in [1.807, 2.05) is 26.8 Å². The molecule has 0 spiro atoms. The molecule has 0 bridgehead atoms. The second-order valence-corrected chi connectivity index (χ2v) is 6.36. The van der Waals surface area contributed by atoms with Crippen molar-refractivity contribution in [1.82, 2.24) is 0 Å². The number of benzene rings is 1. The van der Waals surface area contributed by atoms with Crippen molar-refractivity contribution in [3.8, 4) is 6.07 Å². The van der Waals surface area contributed by atoms with Crippen molar-refractivity contribution in [3.05, 3.63) is 29.8 Å². The number of aryl methyl sites for hydroxylation is 1. The maximum atomic E-state index is 10.5. The molecule has 0 amide bonds. The highest BCUT2D eigenvalue weighted by molar-refractivity contribution is 7.85. The average molecular weight is 284 g/mol. The van der Waals surface area contributed by atoms with Gasteiger partial charge in [0, 0.05) is 12.0 Å². The number of nitrogens with two attached hydrogens (primary N) is 1. The molecule has 0 fully saturated rings. The van der Waals surface area contributed by atoms with E-state index in [9.17, 15) is 8.42 Å². The van der Waals surface area contributed by atoms with Crippen LogP contribution >= 0.6 is 0 Å². The Hall–Kier alpha value is -1.42. The van der Waals surface area contributed by atoms with Gasteiger partial charge in [0.25, 0.3) is 10.1 Å². The molecule has 0 saturated heterocycles. The Labute approximate surface area is 114 Å². The molecule has 1 rings (SSSR count). The maximum absolute atomic E-state index is 10.5. The van der Waals surface area contributed by atoms with Gasteiger partial charge in [-0.3, -0.25) is 4.55 Å². The largest absolute Gasteiger partial charge is 0.326 e. The van der Waals surface area contributed by atoms with Crippen molar-refractivity contribution in [2.45, 2.75) is 44.0 Å². The first kappa shape index (κ1) is 17.6. The summed E-state index contributed by atoms with van der Waals surface area (Å²) >= 11 is 0. The molecule has 0 saturated carbocycles. The highest BCUT2D eigenvalue weighted by Crippen LogP contribution is 2.08. The number of hydrogen-bond acceptors (Lipinski definition) is 4. The molecule has 1 aromatic carbocycles. The second-order valence-electron chi connectivity index (χ2n) is 4.93. The Balaban J connectivity index is 0.000000362. The molecule has 0 aliphatic heterocycles. The highest BCUT2D eigenvalue weighted by Gasteiger charge is 2.08. The quantitative estimate of drug-likeness (QED) is 0.828. The minimum Gasteiger partial charge on any atom is -0.326 e. The van der Waals surface area contributed by atoms with Gasteiger partial charge in [-0.1, -0.05) is 17.7 Å². The van der Waals surface area contributed by atoms with E-state index in [1.165, 1.54) is 12.1 Å². The number of hydrogen-bond donors (Lipinski definition) is 2. The van der Waals surface area contributed by atoms with Crippen LogP contribution in [-0.2, 0) is 10.1 Å². The molecule has 19 heavy (non-hydrogen) atoms. The maximum Gasteiger partial charge on any atom is 0.294 e. The van der Waals surface area contributed by atoms with Crippen LogP contribution in [0.15, 0.2) is 29.2 Å². The van der Waals surface area contributed by atoms with Crippen LogP contribution < -0.4 is 5.73 Å². The van der Waals surface area contributed by atoms with Crippen molar-refractivity contribution in [1.29, 1.82) is 5.26 Å². The summed E-state index contributed by atoms with van der Waals surface area (Å²) in [5.41, 5.74) is 6.36. The zero-order chi connectivity index (χ0) is 15.1. The first-order chi connectivity index (χ1) is 8.56. The smallest absolute Gasteiger partial charge is 0.294 e. The first-order valence-corrected chi connectivity index (χ1v) is 7.20. The molecule has 0 unspecified atom stereocenters. The van der Waals surface area contributed by atoms with Crippen LogP contribution in [0, 0.1) is 18.3 Å². The van der Waals surface area contributed by atoms with E-state index in [2.05, 4.69) is 0 Å². The van der Waals surface area contributed by atoms with Crippen LogP contribution in [0.2, 0.25) is 0 Å². The molecule has 0 atom stereocenters. The van der Waals surface area contributed by atoms with Crippen molar-refractivity contribution in [3.63, 3.8) is 0 Å². The fraction of sp³-hybridized carbons (Fsp3) is 0.462. The molecule has 5 nitrogen and oxygen atoms in total. The van der Waals surface area contributed by atoms with Gasteiger partial charge in [-0.25, -0.2) is 0 Å². The van der Waals surface area contributed by atoms with Gasteiger partial charge < -0.3 is 5.73 Å². The van der Waals surface area contributed by atoms with Gasteiger partial charge in [0.15, 0.2) is 0 Å². The third kappa shape index (κ3) is 9.19. The highest BCUT2D eigenvalue weighted by atomic mass is 32.2. The summed E-state index contributed by atoms with van der Waals surface area (Å²) in [7, 11) is -4.02. The summed E-state index contributed by atoms with van der Waals surface area (Å²) in [4.78, 5) is -0.0666. The van der Waals surface area contributed by atoms with E-state index in [0.717, 1.165) is 12.0 Å². The predicted molar refractivity (Wildman–Crippen MR) is 74.1 cm³/mol. The van der Waals surface area contributed by atoms with Gasteiger partial charge in [0.05, 0.1) is 11.0 Å². The molecule has 0 aliphatic carbocycles. The molecule has 0 heterocycles. The van der Waals surface area contributed by atoms with Crippen LogP contribution in [-0.4, -0.2) is 18.5 Å². The van der Waals surface area contributed by atoms with Crippen molar-refractivity contribution >= 4 is 10.1 Å². The van der Waals surface area contributed by atoms with Crippen LogP contribution in [0.25, 0.3) is 0 Å². The van der Waals surface area contributed by atoms with Crippen molar-refractivity contribution in [2.75, 3.05) is 0 Å². The average Bonchev–Trinajstić information content (AvgIpc) is 2.25. The lowest BCUT2D eigenvalue weighted by Crippen LogP contribution is -2.31. The Kier molecular flexibility index (Phi) is 6.70. The monoisotopic (exact) mass is 284 g/mol. The second kappa shape index (κ2) is 7.24. The molecule has 0 aromatic heterocycles. The normalized spacial score (nSPS) is 11.2. The number of nitriles is 1. The van der Waals surface area contributed by atoms with E-state index in [-0.39, 0.29) is 10.4 Å². The first-order valence-electron chi connectivity index (χ1n) is 5.76. The Morgan fingerprint density at radius 3 is 2.05 bits per heavy atom. The van der Waals surface area contributed by atoms with Crippen LogP contribution in [0.5, 0.6) is 0 Å². The zero-order valence-electron chi connectivity index (χ0n) is 11.4. The van der Waals surface area contributed by atoms with Crippen LogP contribution in [0.1, 0.15) is 32.3 Å². The van der Waals surface area contributed by atoms with Gasteiger partial charge in [-0.15, -0.1) is 0 Å². The lowest BCUT2D eigenvalue weighted by Gasteiger charge is -2.14. The lowest BCUT2D eigenvalue weighted by molar-refractivity contribution is 0.482. The molecule has 3 N–H and O–H groups in total. The molecular weight excluding hydrogens is 264 g/mol. The molecule has 106 valence electrons. The predicted octanol–water partition coefficient (Wildman–Crippen LogP) is 2.27. The third-order valence-electron chi connectivity index (χ3n) is 2.20. The van der Waals surface area contributed by atoms with E-state index < -0.39 is 10.1 Å². The topological polar surface area (TPSA) is 104 Å². The lowest BCUT2D eigenvalue weighted by atomic mass is 10.0. The molecule has 0 aliphatic rings. The Bertz CT molecular complexity index is 522. The molecule has 1 aromatic rings. The fourth-order valence-corrected chi connectivity index (χ4v) is 1.57. The minimum absolute atomic E-state index is 0.0666. The van der Waals surface area contributed by atoms with Crippen molar-refractivity contribution < 1.29 is 13.0 Å². The summed E-state index contributed by atoms with van der Waals surface area (Å²) < 4.78 is 29.6. The summed E-state index contributed by atoms with van der Waals surface area (Å²) in [6, 6.07) is 8.03. The third-order valence-corrected chi connectivity index (χ3v) is 3.07. The van der Waals surface area contributed by atoms with E-state index in [0.29, 0.717) is 6.42 Å². The van der Waals surface area contributed by atoms with Crippen LogP contribution in [0.4, 0.5) is 0 Å². The molecule has 6 heteroatoms. The van der Waals surface area contributed by atoms with Crippen LogP contribution in [0.3, 0.4) is 0 Å². The summed E-state index contributed by atoms with van der Waals surface area (Å²) in [6.07, 6.45) is 1.34. The van der Waals surface area contributed by atoms with E-state index in [4.69, 9.17) is 15.5 Å². The molecule has 0 radical (unpaired) electrons. The minimum atomic E-state index is -4.02. The SMILES string of the molecule is CC(C)(N)CCC#N.Cc1ccc(S(=O)(=O)O)cc1. The zero-order valence-corrected chi connectivity index (χ0v) is 12.2. The van der Waals surface area contributed by atoms with Gasteiger partial charge >= 0.3 is 0 Å². The van der Waals surface area contributed by atoms with Gasteiger partial charge in [0.1, 0.15) is 0 Å². The van der Waals surface area contributed by atoms with Gasteiger partial charge in [0.2, 0.25) is 0 Å². The summed E-state index contributed by atoms with van der Waals surface area (Å²) in [5, 5.41) is 8.12. The van der Waals surface area contributed by atoms with E-state index in [1.54, 1.807) is 12.1 Å². The number of nitrogens with zero attached hydrogens (tertiary/aromatic N) is 1. The van der Waals surface area contributed by atoms with Crippen molar-refractivity contribution in [2.24, 2.45) is 5.73 Å².